The van der Waals surface area contributed by atoms with Crippen LogP contribution in [0.25, 0.3) is 176 Å². The van der Waals surface area contributed by atoms with Gasteiger partial charge in [-0.1, -0.05) is 152 Å². The van der Waals surface area contributed by atoms with Crippen molar-refractivity contribution in [2.45, 2.75) is 13.1 Å². The lowest BCUT2D eigenvalue weighted by molar-refractivity contribution is -0.137. The zero-order valence-electron chi connectivity index (χ0n) is 51.2. The van der Waals surface area contributed by atoms with E-state index in [0.29, 0.717) is 16.8 Å². The molecule has 6 nitrogen and oxygen atoms in total. The Morgan fingerprint density at radius 3 is 0.653 bits per heavy atom. The van der Waals surface area contributed by atoms with Crippen molar-refractivity contribution in [3.8, 4) is 45.3 Å². The van der Waals surface area contributed by atoms with Crippen molar-refractivity contribution in [1.29, 1.82) is 0 Å². The number of aryl methyl sites for hydroxylation is 1. The van der Waals surface area contributed by atoms with Gasteiger partial charge in [0.05, 0.1) is 71.8 Å². The molecule has 0 aliphatic carbocycles. The van der Waals surface area contributed by atoms with E-state index in [1.54, 1.807) is 12.1 Å². The summed E-state index contributed by atoms with van der Waals surface area (Å²) in [4.78, 5) is 0. The van der Waals surface area contributed by atoms with E-state index < -0.39 is 11.7 Å². The molecule has 0 atom stereocenters. The fraction of sp³-hybridized carbons (Fsp3) is 0.0233. The van der Waals surface area contributed by atoms with Crippen molar-refractivity contribution in [1.82, 2.24) is 27.4 Å². The highest BCUT2D eigenvalue weighted by atomic mass is 19.4. The molecule has 0 unspecified atom stereocenters. The fourth-order valence-electron chi connectivity index (χ4n) is 16.1. The summed E-state index contributed by atoms with van der Waals surface area (Å²) in [5, 5.41) is 13.3. The second kappa shape index (κ2) is 19.8. The van der Waals surface area contributed by atoms with E-state index in [1.807, 2.05) is 25.1 Å². The Morgan fingerprint density at radius 1 is 0.200 bits per heavy atom. The van der Waals surface area contributed by atoms with Gasteiger partial charge in [-0.3, -0.25) is 0 Å². The Labute approximate surface area is 541 Å². The van der Waals surface area contributed by atoms with Crippen molar-refractivity contribution in [2.75, 3.05) is 0 Å². The zero-order chi connectivity index (χ0) is 62.9. The van der Waals surface area contributed by atoms with Crippen LogP contribution < -0.4 is 0 Å². The topological polar surface area (TPSA) is 29.6 Å². The van der Waals surface area contributed by atoms with Gasteiger partial charge in [-0.25, -0.2) is 0 Å². The highest BCUT2D eigenvalue weighted by Gasteiger charge is 2.35. The van der Waals surface area contributed by atoms with Crippen LogP contribution in [0.5, 0.6) is 0 Å². The molecule has 448 valence electrons. The third-order valence-corrected chi connectivity index (χ3v) is 20.2. The summed E-state index contributed by atoms with van der Waals surface area (Å²) >= 11 is 0. The summed E-state index contributed by atoms with van der Waals surface area (Å²) in [5.74, 6) is 0. The lowest BCUT2D eigenvalue weighted by atomic mass is 9.94. The van der Waals surface area contributed by atoms with E-state index in [1.165, 1.54) is 27.6 Å². The van der Waals surface area contributed by atoms with Crippen LogP contribution in [0.4, 0.5) is 13.2 Å². The van der Waals surface area contributed by atoms with Crippen molar-refractivity contribution in [3.63, 3.8) is 0 Å². The van der Waals surface area contributed by atoms with E-state index in [4.69, 9.17) is 0 Å². The summed E-state index contributed by atoms with van der Waals surface area (Å²) in [7, 11) is 0. The van der Waals surface area contributed by atoms with E-state index in [0.717, 1.165) is 138 Å². The van der Waals surface area contributed by atoms with E-state index in [2.05, 4.69) is 294 Å². The van der Waals surface area contributed by atoms with Gasteiger partial charge in [0, 0.05) is 98.8 Å². The zero-order valence-corrected chi connectivity index (χ0v) is 51.2. The van der Waals surface area contributed by atoms with Crippen LogP contribution in [0.3, 0.4) is 0 Å². The van der Waals surface area contributed by atoms with Crippen LogP contribution in [0.1, 0.15) is 11.1 Å². The normalized spacial score (nSPS) is 12.4. The molecule has 0 aliphatic rings. The molecule has 0 bridgehead atoms. The maximum Gasteiger partial charge on any atom is 0.417 e. The van der Waals surface area contributed by atoms with Gasteiger partial charge in [-0.2, -0.15) is 13.2 Å². The van der Waals surface area contributed by atoms with Crippen molar-refractivity contribution < 1.29 is 13.2 Å². The summed E-state index contributed by atoms with van der Waals surface area (Å²) in [6, 6.07) is 105. The molecule has 0 saturated heterocycles. The molecule has 14 aromatic carbocycles. The van der Waals surface area contributed by atoms with Crippen LogP contribution in [-0.4, -0.2) is 27.4 Å². The molecule has 0 aliphatic heterocycles. The number of hydrogen-bond donors (Lipinski definition) is 0. The number of benzene rings is 14. The van der Waals surface area contributed by atoms with E-state index in [9.17, 15) is 0 Å². The number of rotatable bonds is 7. The van der Waals surface area contributed by atoms with Gasteiger partial charge in [-0.05, 0) is 175 Å². The molecule has 95 heavy (non-hydrogen) atoms. The van der Waals surface area contributed by atoms with Crippen LogP contribution >= 0.6 is 0 Å². The first kappa shape index (κ1) is 53.3. The molecular weight excluding hydrogens is 1170 g/mol. The van der Waals surface area contributed by atoms with Gasteiger partial charge in [-0.15, -0.1) is 0 Å². The van der Waals surface area contributed by atoms with E-state index in [-0.39, 0.29) is 5.56 Å². The molecule has 0 fully saturated rings. The van der Waals surface area contributed by atoms with Gasteiger partial charge >= 0.3 is 6.18 Å². The molecule has 0 spiro atoms. The second-order valence-corrected chi connectivity index (χ2v) is 25.2. The largest absolute Gasteiger partial charge is 0.417 e. The Kier molecular flexibility index (Phi) is 11.1. The molecule has 0 radical (unpaired) electrons. The quantitative estimate of drug-likeness (QED) is 0.152. The molecule has 20 aromatic rings. The standard InChI is InChI=1S/C86H53F3N6/c1-52-34-35-53(94-82-42-37-55(90-74-26-10-2-18-59(74)60-19-3-11-27-75(60)90)48-69(82)70-49-56(38-43-83(70)94)91-76-28-12-4-20-61(76)62-21-5-13-29-77(62)91)46-67(52)68-47-54(36-41-73(68)86(87,88)89)95-84-44-39-57(92-78-30-14-6-22-63(78)64-23-7-15-31-79(64)92)50-71(84)72-51-58(40-45-85(72)95)93-80-32-16-8-24-65(80)66-25-9-17-33-81(66)93/h2-51H,1H3. The minimum absolute atomic E-state index is 0.0937. The first-order chi connectivity index (χ1) is 46.7. The summed E-state index contributed by atoms with van der Waals surface area (Å²) in [6.07, 6.45) is -4.69. The first-order valence-corrected chi connectivity index (χ1v) is 32.1. The Morgan fingerprint density at radius 2 is 0.400 bits per heavy atom. The highest BCUT2D eigenvalue weighted by molar-refractivity contribution is 6.17. The van der Waals surface area contributed by atoms with Gasteiger partial charge in [0.15, 0.2) is 0 Å². The molecule has 0 N–H and O–H groups in total. The average Bonchev–Trinajstić information content (AvgIpc) is 1.58. The smallest absolute Gasteiger partial charge is 0.309 e. The third kappa shape index (κ3) is 7.69. The monoisotopic (exact) mass is 1230 g/mol. The highest BCUT2D eigenvalue weighted by Crippen LogP contribution is 2.46. The van der Waals surface area contributed by atoms with Crippen LogP contribution in [0, 0.1) is 6.92 Å². The number of hydrogen-bond acceptors (Lipinski definition) is 0. The van der Waals surface area contributed by atoms with Gasteiger partial charge in [0.2, 0.25) is 0 Å². The number of alkyl halides is 3. The van der Waals surface area contributed by atoms with E-state index >= 15 is 13.2 Å². The number of para-hydroxylation sites is 8. The minimum atomic E-state index is -4.69. The predicted molar refractivity (Wildman–Crippen MR) is 388 cm³/mol. The lowest BCUT2D eigenvalue weighted by Crippen LogP contribution is -2.09. The maximum absolute atomic E-state index is 16.1. The molecule has 6 aromatic heterocycles. The molecule has 0 saturated carbocycles. The number of fused-ring (bicyclic) bond motifs is 18. The maximum atomic E-state index is 16.1. The number of aromatic nitrogens is 6. The van der Waals surface area contributed by atoms with Gasteiger partial charge in [0.1, 0.15) is 0 Å². The molecular formula is C86H53F3N6. The predicted octanol–water partition coefficient (Wildman–Crippen LogP) is 23.3. The Balaban J connectivity index is 0.807. The summed E-state index contributed by atoms with van der Waals surface area (Å²) < 4.78 is 62.0. The summed E-state index contributed by atoms with van der Waals surface area (Å²) in [5.41, 5.74) is 18.2. The van der Waals surface area contributed by atoms with Crippen LogP contribution in [0.2, 0.25) is 0 Å². The van der Waals surface area contributed by atoms with Gasteiger partial charge in [0.25, 0.3) is 0 Å². The first-order valence-electron chi connectivity index (χ1n) is 32.1. The Bertz CT molecular complexity index is 6120. The van der Waals surface area contributed by atoms with Gasteiger partial charge < -0.3 is 27.4 Å². The fourth-order valence-corrected chi connectivity index (χ4v) is 16.1. The summed E-state index contributed by atoms with van der Waals surface area (Å²) in [6.45, 7) is 1.92. The second-order valence-electron chi connectivity index (χ2n) is 25.2. The SMILES string of the molecule is Cc1ccc(-n2c3ccc(-n4c5ccccc5c5ccccc54)cc3c3cc(-n4c5ccccc5c5ccccc54)ccc32)cc1-c1cc(-n2c3ccc(-n4c5ccccc5c5ccccc54)cc3c3cc(-n4c5ccccc5c5ccccc54)ccc32)ccc1C(F)(F)F. The third-order valence-electron chi connectivity index (χ3n) is 20.2. The minimum Gasteiger partial charge on any atom is -0.309 e. The molecule has 9 heteroatoms. The Hall–Kier alpha value is -12.3. The average molecular weight is 1230 g/mol. The molecule has 0 amide bonds. The van der Waals surface area contributed by atoms with Crippen molar-refractivity contribution in [2.24, 2.45) is 0 Å². The molecule has 20 rings (SSSR count). The van der Waals surface area contributed by atoms with Crippen molar-refractivity contribution >= 4 is 131 Å². The lowest BCUT2D eigenvalue weighted by Gasteiger charge is -2.19. The number of halogens is 3. The van der Waals surface area contributed by atoms with Crippen molar-refractivity contribution in [3.05, 3.63) is 314 Å². The molecule has 6 heterocycles. The van der Waals surface area contributed by atoms with Crippen LogP contribution in [0.15, 0.2) is 303 Å². The number of nitrogens with zero attached hydrogens (tertiary/aromatic N) is 6. The van der Waals surface area contributed by atoms with Crippen LogP contribution in [-0.2, 0) is 6.18 Å².